The predicted molar refractivity (Wildman–Crippen MR) is 92.8 cm³/mol. The van der Waals surface area contributed by atoms with Gasteiger partial charge in [-0.2, -0.15) is 0 Å². The van der Waals surface area contributed by atoms with Crippen LogP contribution in [0.3, 0.4) is 0 Å². The molecule has 4 rings (SSSR count). The third kappa shape index (κ3) is 2.67. The molecule has 2 heteroatoms. The number of oxazole rings is 1. The molecule has 1 aromatic heterocycles. The SMILES string of the molecule is c1ccc(-c2ccc(-c3ccccc3)c(-c3ncco3)c2)cc1. The largest absolute Gasteiger partial charge is 0.445 e. The van der Waals surface area contributed by atoms with E-state index in [0.717, 1.165) is 22.3 Å². The summed E-state index contributed by atoms with van der Waals surface area (Å²) >= 11 is 0. The van der Waals surface area contributed by atoms with Crippen molar-refractivity contribution in [2.75, 3.05) is 0 Å². The zero-order valence-corrected chi connectivity index (χ0v) is 12.5. The zero-order valence-electron chi connectivity index (χ0n) is 12.5. The molecule has 0 saturated heterocycles. The minimum Gasteiger partial charge on any atom is -0.445 e. The van der Waals surface area contributed by atoms with Crippen LogP contribution in [0.1, 0.15) is 0 Å². The van der Waals surface area contributed by atoms with Crippen molar-refractivity contribution in [3.8, 4) is 33.7 Å². The first-order valence-electron chi connectivity index (χ1n) is 7.56. The molecule has 0 aliphatic carbocycles. The summed E-state index contributed by atoms with van der Waals surface area (Å²) in [6, 6.07) is 27.1. The molecule has 0 bridgehead atoms. The van der Waals surface area contributed by atoms with Crippen LogP contribution in [0.15, 0.2) is 95.7 Å². The average molecular weight is 297 g/mol. The van der Waals surface area contributed by atoms with Gasteiger partial charge in [0.2, 0.25) is 5.89 Å². The van der Waals surface area contributed by atoms with Gasteiger partial charge in [-0.1, -0.05) is 72.8 Å². The van der Waals surface area contributed by atoms with E-state index in [1.807, 2.05) is 36.4 Å². The smallest absolute Gasteiger partial charge is 0.226 e. The monoisotopic (exact) mass is 297 g/mol. The lowest BCUT2D eigenvalue weighted by Crippen LogP contribution is -1.87. The molecule has 4 aromatic rings. The quantitative estimate of drug-likeness (QED) is 0.486. The third-order valence-electron chi connectivity index (χ3n) is 3.87. The Morgan fingerprint density at radius 3 is 1.96 bits per heavy atom. The topological polar surface area (TPSA) is 26.0 Å². The summed E-state index contributed by atoms with van der Waals surface area (Å²) in [6.07, 6.45) is 3.29. The van der Waals surface area contributed by atoms with Gasteiger partial charge in [-0.3, -0.25) is 0 Å². The van der Waals surface area contributed by atoms with Crippen molar-refractivity contribution < 1.29 is 4.42 Å². The van der Waals surface area contributed by atoms with Gasteiger partial charge >= 0.3 is 0 Å². The summed E-state index contributed by atoms with van der Waals surface area (Å²) in [4.78, 5) is 4.34. The highest BCUT2D eigenvalue weighted by Crippen LogP contribution is 2.34. The molecule has 0 amide bonds. The molecular weight excluding hydrogens is 282 g/mol. The van der Waals surface area contributed by atoms with Gasteiger partial charge in [0.1, 0.15) is 6.26 Å². The number of hydrogen-bond acceptors (Lipinski definition) is 2. The van der Waals surface area contributed by atoms with Crippen LogP contribution in [0, 0.1) is 0 Å². The van der Waals surface area contributed by atoms with Gasteiger partial charge in [-0.05, 0) is 28.3 Å². The molecule has 0 aliphatic rings. The Kier molecular flexibility index (Phi) is 3.49. The molecular formula is C21H15NO. The fourth-order valence-electron chi connectivity index (χ4n) is 2.76. The molecule has 0 radical (unpaired) electrons. The Labute approximate surface area is 135 Å². The minimum atomic E-state index is 0.640. The van der Waals surface area contributed by atoms with Crippen molar-refractivity contribution in [2.45, 2.75) is 0 Å². The van der Waals surface area contributed by atoms with Crippen molar-refractivity contribution in [1.29, 1.82) is 0 Å². The van der Waals surface area contributed by atoms with Gasteiger partial charge in [0.25, 0.3) is 0 Å². The van der Waals surface area contributed by atoms with E-state index < -0.39 is 0 Å². The number of nitrogens with zero attached hydrogens (tertiary/aromatic N) is 1. The number of aromatic nitrogens is 1. The van der Waals surface area contributed by atoms with E-state index in [1.54, 1.807) is 12.5 Å². The van der Waals surface area contributed by atoms with Crippen LogP contribution < -0.4 is 0 Å². The Morgan fingerprint density at radius 1 is 0.609 bits per heavy atom. The lowest BCUT2D eigenvalue weighted by molar-refractivity contribution is 0.575. The van der Waals surface area contributed by atoms with E-state index in [2.05, 4.69) is 47.4 Å². The first-order chi connectivity index (χ1) is 11.4. The zero-order chi connectivity index (χ0) is 15.5. The van der Waals surface area contributed by atoms with Gasteiger partial charge in [0, 0.05) is 5.56 Å². The molecule has 0 fully saturated rings. The maximum atomic E-state index is 5.56. The first-order valence-corrected chi connectivity index (χ1v) is 7.56. The number of hydrogen-bond donors (Lipinski definition) is 0. The highest BCUT2D eigenvalue weighted by Gasteiger charge is 2.12. The molecule has 110 valence electrons. The second kappa shape index (κ2) is 5.93. The average Bonchev–Trinajstić information content (AvgIpc) is 3.17. The fraction of sp³-hybridized carbons (Fsp3) is 0. The van der Waals surface area contributed by atoms with Crippen molar-refractivity contribution in [3.63, 3.8) is 0 Å². The molecule has 23 heavy (non-hydrogen) atoms. The summed E-state index contributed by atoms with van der Waals surface area (Å²) < 4.78 is 5.56. The number of rotatable bonds is 3. The van der Waals surface area contributed by atoms with Crippen LogP contribution in [-0.4, -0.2) is 4.98 Å². The molecule has 0 spiro atoms. The second-order valence-corrected chi connectivity index (χ2v) is 5.33. The summed E-state index contributed by atoms with van der Waals surface area (Å²) in [6.45, 7) is 0. The van der Waals surface area contributed by atoms with Crippen molar-refractivity contribution in [1.82, 2.24) is 4.98 Å². The molecule has 2 nitrogen and oxygen atoms in total. The molecule has 0 N–H and O–H groups in total. The van der Waals surface area contributed by atoms with E-state index in [9.17, 15) is 0 Å². The lowest BCUT2D eigenvalue weighted by Gasteiger charge is -2.10. The van der Waals surface area contributed by atoms with Crippen LogP contribution in [0.5, 0.6) is 0 Å². The van der Waals surface area contributed by atoms with Crippen LogP contribution in [0.2, 0.25) is 0 Å². The van der Waals surface area contributed by atoms with Crippen LogP contribution >= 0.6 is 0 Å². The molecule has 0 unspecified atom stereocenters. The van der Waals surface area contributed by atoms with Crippen LogP contribution in [0.25, 0.3) is 33.7 Å². The molecule has 0 atom stereocenters. The first kappa shape index (κ1) is 13.5. The lowest BCUT2D eigenvalue weighted by atomic mass is 9.95. The van der Waals surface area contributed by atoms with E-state index >= 15 is 0 Å². The van der Waals surface area contributed by atoms with Gasteiger partial charge in [0.15, 0.2) is 0 Å². The summed E-state index contributed by atoms with van der Waals surface area (Å²) in [7, 11) is 0. The maximum absolute atomic E-state index is 5.56. The molecule has 3 aromatic carbocycles. The predicted octanol–water partition coefficient (Wildman–Crippen LogP) is 5.68. The Balaban J connectivity index is 1.91. The van der Waals surface area contributed by atoms with E-state index in [4.69, 9.17) is 4.42 Å². The van der Waals surface area contributed by atoms with Crippen LogP contribution in [-0.2, 0) is 0 Å². The third-order valence-corrected chi connectivity index (χ3v) is 3.87. The van der Waals surface area contributed by atoms with Crippen molar-refractivity contribution >= 4 is 0 Å². The normalized spacial score (nSPS) is 10.6. The highest BCUT2D eigenvalue weighted by molar-refractivity contribution is 5.84. The Morgan fingerprint density at radius 2 is 1.30 bits per heavy atom. The van der Waals surface area contributed by atoms with Gasteiger partial charge in [-0.15, -0.1) is 0 Å². The Bertz CT molecular complexity index is 897. The molecule has 0 saturated carbocycles. The van der Waals surface area contributed by atoms with Crippen molar-refractivity contribution in [3.05, 3.63) is 91.3 Å². The minimum absolute atomic E-state index is 0.640. The van der Waals surface area contributed by atoms with Gasteiger partial charge < -0.3 is 4.42 Å². The maximum Gasteiger partial charge on any atom is 0.226 e. The second-order valence-electron chi connectivity index (χ2n) is 5.33. The Hall–Kier alpha value is -3.13. The van der Waals surface area contributed by atoms with Gasteiger partial charge in [0.05, 0.1) is 6.20 Å². The molecule has 1 heterocycles. The molecule has 0 aliphatic heterocycles. The summed E-state index contributed by atoms with van der Waals surface area (Å²) in [5.74, 6) is 0.640. The summed E-state index contributed by atoms with van der Waals surface area (Å²) in [5.41, 5.74) is 5.61. The van der Waals surface area contributed by atoms with E-state index in [0.29, 0.717) is 5.89 Å². The fourth-order valence-corrected chi connectivity index (χ4v) is 2.76. The van der Waals surface area contributed by atoms with E-state index in [-0.39, 0.29) is 0 Å². The standard InChI is InChI=1S/C21H15NO/c1-3-7-16(8-4-1)18-11-12-19(17-9-5-2-6-10-17)20(15-18)21-22-13-14-23-21/h1-15H. The highest BCUT2D eigenvalue weighted by atomic mass is 16.3. The summed E-state index contributed by atoms with van der Waals surface area (Å²) in [5, 5.41) is 0. The number of benzene rings is 3. The van der Waals surface area contributed by atoms with E-state index in [1.165, 1.54) is 5.56 Å². The van der Waals surface area contributed by atoms with Crippen molar-refractivity contribution in [2.24, 2.45) is 0 Å². The van der Waals surface area contributed by atoms with Gasteiger partial charge in [-0.25, -0.2) is 4.98 Å². The van der Waals surface area contributed by atoms with Crippen LogP contribution in [0.4, 0.5) is 0 Å².